The van der Waals surface area contributed by atoms with Crippen molar-refractivity contribution in [3.8, 4) is 0 Å². The maximum absolute atomic E-state index is 3.93. The number of hydrogen-bond donors (Lipinski definition) is 1. The molecule has 0 aromatic heterocycles. The molecule has 0 amide bonds. The van der Waals surface area contributed by atoms with Crippen molar-refractivity contribution in [3.63, 3.8) is 0 Å². The average molecular weight is 250 g/mol. The second kappa shape index (κ2) is 5.50. The number of likely N-dealkylation sites (tertiary alicyclic amines) is 1. The van der Waals surface area contributed by atoms with E-state index in [0.29, 0.717) is 0 Å². The SMILES string of the molecule is CC1CCCN(CC2CC3CCCCC3N2)C1C. The number of rotatable bonds is 2. The molecule has 0 radical (unpaired) electrons. The molecular weight excluding hydrogens is 220 g/mol. The fraction of sp³-hybridized carbons (Fsp3) is 1.00. The summed E-state index contributed by atoms with van der Waals surface area (Å²) in [6.07, 6.45) is 10.1. The quantitative estimate of drug-likeness (QED) is 0.810. The lowest BCUT2D eigenvalue weighted by molar-refractivity contribution is 0.103. The van der Waals surface area contributed by atoms with Gasteiger partial charge in [-0.3, -0.25) is 4.90 Å². The van der Waals surface area contributed by atoms with E-state index in [1.54, 1.807) is 0 Å². The van der Waals surface area contributed by atoms with Gasteiger partial charge >= 0.3 is 0 Å². The predicted octanol–water partition coefficient (Wildman–Crippen LogP) is 3.03. The molecule has 2 nitrogen and oxygen atoms in total. The first-order valence-corrected chi connectivity index (χ1v) is 8.24. The fourth-order valence-electron chi connectivity index (χ4n) is 4.53. The van der Waals surface area contributed by atoms with Crippen LogP contribution in [0.1, 0.15) is 58.8 Å². The lowest BCUT2D eigenvalue weighted by Gasteiger charge is -2.39. The third kappa shape index (κ3) is 2.60. The van der Waals surface area contributed by atoms with Gasteiger partial charge in [0.15, 0.2) is 0 Å². The summed E-state index contributed by atoms with van der Waals surface area (Å²) in [7, 11) is 0. The summed E-state index contributed by atoms with van der Waals surface area (Å²) in [4.78, 5) is 2.75. The van der Waals surface area contributed by atoms with Gasteiger partial charge in [0.2, 0.25) is 0 Å². The van der Waals surface area contributed by atoms with Crippen molar-refractivity contribution in [2.45, 2.75) is 76.9 Å². The summed E-state index contributed by atoms with van der Waals surface area (Å²) in [5.41, 5.74) is 0. The van der Waals surface area contributed by atoms with Gasteiger partial charge in [-0.15, -0.1) is 0 Å². The van der Waals surface area contributed by atoms with Crippen molar-refractivity contribution in [2.75, 3.05) is 13.1 Å². The van der Waals surface area contributed by atoms with E-state index in [1.807, 2.05) is 0 Å². The van der Waals surface area contributed by atoms with Crippen molar-refractivity contribution in [1.82, 2.24) is 10.2 Å². The number of fused-ring (bicyclic) bond motifs is 1. The Kier molecular flexibility index (Phi) is 3.95. The van der Waals surface area contributed by atoms with Crippen LogP contribution >= 0.6 is 0 Å². The average Bonchev–Trinajstić information content (AvgIpc) is 2.77. The van der Waals surface area contributed by atoms with Crippen molar-refractivity contribution in [3.05, 3.63) is 0 Å². The molecule has 2 heteroatoms. The second-order valence-electron chi connectivity index (χ2n) is 7.11. The van der Waals surface area contributed by atoms with Crippen LogP contribution in [0, 0.1) is 11.8 Å². The van der Waals surface area contributed by atoms with Gasteiger partial charge in [0, 0.05) is 24.7 Å². The van der Waals surface area contributed by atoms with E-state index in [2.05, 4.69) is 24.1 Å². The van der Waals surface area contributed by atoms with Crippen molar-refractivity contribution in [2.24, 2.45) is 11.8 Å². The highest BCUT2D eigenvalue weighted by Gasteiger charge is 2.36. The number of nitrogens with one attached hydrogen (secondary N) is 1. The maximum atomic E-state index is 3.93. The van der Waals surface area contributed by atoms with Crippen LogP contribution in [0.4, 0.5) is 0 Å². The van der Waals surface area contributed by atoms with Gasteiger partial charge in [0.05, 0.1) is 0 Å². The van der Waals surface area contributed by atoms with E-state index >= 15 is 0 Å². The number of hydrogen-bond acceptors (Lipinski definition) is 2. The number of nitrogens with zero attached hydrogens (tertiary/aromatic N) is 1. The molecule has 0 aromatic carbocycles. The minimum absolute atomic E-state index is 0.783. The molecule has 1 N–H and O–H groups in total. The molecule has 18 heavy (non-hydrogen) atoms. The molecule has 1 saturated carbocycles. The van der Waals surface area contributed by atoms with Crippen LogP contribution in [0.25, 0.3) is 0 Å². The van der Waals surface area contributed by atoms with Gasteiger partial charge in [0.1, 0.15) is 0 Å². The van der Waals surface area contributed by atoms with Gasteiger partial charge in [-0.1, -0.05) is 19.8 Å². The molecule has 5 unspecified atom stereocenters. The molecule has 0 bridgehead atoms. The smallest absolute Gasteiger partial charge is 0.0201 e. The zero-order chi connectivity index (χ0) is 12.5. The summed E-state index contributed by atoms with van der Waals surface area (Å²) in [5.74, 6) is 1.89. The van der Waals surface area contributed by atoms with Crippen molar-refractivity contribution >= 4 is 0 Å². The van der Waals surface area contributed by atoms with Crippen LogP contribution in [0.5, 0.6) is 0 Å². The first-order valence-electron chi connectivity index (χ1n) is 8.24. The van der Waals surface area contributed by atoms with Crippen molar-refractivity contribution in [1.29, 1.82) is 0 Å². The first-order chi connectivity index (χ1) is 8.74. The van der Waals surface area contributed by atoms with Crippen LogP contribution < -0.4 is 5.32 Å². The highest BCUT2D eigenvalue weighted by Crippen LogP contribution is 2.34. The van der Waals surface area contributed by atoms with Crippen LogP contribution in [0.2, 0.25) is 0 Å². The number of piperidine rings is 1. The van der Waals surface area contributed by atoms with Gasteiger partial charge in [0.25, 0.3) is 0 Å². The maximum Gasteiger partial charge on any atom is 0.0201 e. The third-order valence-corrected chi connectivity index (χ3v) is 5.91. The molecule has 2 heterocycles. The van der Waals surface area contributed by atoms with E-state index in [4.69, 9.17) is 0 Å². The Morgan fingerprint density at radius 3 is 2.72 bits per heavy atom. The summed E-state index contributed by atoms with van der Waals surface area (Å²) in [6.45, 7) is 7.50. The molecule has 1 aliphatic carbocycles. The zero-order valence-electron chi connectivity index (χ0n) is 12.2. The lowest BCUT2D eigenvalue weighted by Crippen LogP contribution is -2.48. The molecular formula is C16H30N2. The fourth-order valence-corrected chi connectivity index (χ4v) is 4.53. The minimum Gasteiger partial charge on any atom is -0.310 e. The second-order valence-corrected chi connectivity index (χ2v) is 7.11. The summed E-state index contributed by atoms with van der Waals surface area (Å²) < 4.78 is 0. The van der Waals surface area contributed by atoms with Gasteiger partial charge in [-0.25, -0.2) is 0 Å². The lowest BCUT2D eigenvalue weighted by atomic mass is 9.85. The molecule has 104 valence electrons. The van der Waals surface area contributed by atoms with Gasteiger partial charge in [-0.05, 0) is 57.4 Å². The minimum atomic E-state index is 0.783. The normalized spacial score (nSPS) is 46.0. The molecule has 5 atom stereocenters. The summed E-state index contributed by atoms with van der Waals surface area (Å²) >= 11 is 0. The Balaban J connectivity index is 1.54. The Morgan fingerprint density at radius 2 is 1.89 bits per heavy atom. The standard InChI is InChI=1S/C16H30N2/c1-12-6-5-9-18(13(12)2)11-15-10-14-7-3-4-8-16(14)17-15/h12-17H,3-11H2,1-2H3. The third-order valence-electron chi connectivity index (χ3n) is 5.91. The van der Waals surface area contributed by atoms with E-state index < -0.39 is 0 Å². The van der Waals surface area contributed by atoms with Crippen LogP contribution in [-0.4, -0.2) is 36.1 Å². The molecule has 0 aromatic rings. The Hall–Kier alpha value is -0.0800. The van der Waals surface area contributed by atoms with Crippen molar-refractivity contribution < 1.29 is 0 Å². The summed E-state index contributed by atoms with van der Waals surface area (Å²) in [5, 5.41) is 3.93. The van der Waals surface area contributed by atoms with E-state index in [9.17, 15) is 0 Å². The Labute approximate surface area is 113 Å². The van der Waals surface area contributed by atoms with Crippen LogP contribution in [-0.2, 0) is 0 Å². The Morgan fingerprint density at radius 1 is 1.06 bits per heavy atom. The van der Waals surface area contributed by atoms with E-state index in [0.717, 1.165) is 30.0 Å². The van der Waals surface area contributed by atoms with Gasteiger partial charge in [-0.2, -0.15) is 0 Å². The van der Waals surface area contributed by atoms with E-state index in [-0.39, 0.29) is 0 Å². The largest absolute Gasteiger partial charge is 0.310 e. The highest BCUT2D eigenvalue weighted by atomic mass is 15.2. The molecule has 3 fully saturated rings. The summed E-state index contributed by atoms with van der Waals surface area (Å²) in [6, 6.07) is 2.44. The predicted molar refractivity (Wildman–Crippen MR) is 76.7 cm³/mol. The first kappa shape index (κ1) is 12.9. The molecule has 0 spiro atoms. The Bertz CT molecular complexity index is 264. The van der Waals surface area contributed by atoms with Gasteiger partial charge < -0.3 is 5.32 Å². The molecule has 2 aliphatic heterocycles. The highest BCUT2D eigenvalue weighted by molar-refractivity contribution is 4.95. The molecule has 3 aliphatic rings. The zero-order valence-corrected chi connectivity index (χ0v) is 12.2. The van der Waals surface area contributed by atoms with E-state index in [1.165, 1.54) is 58.0 Å². The monoisotopic (exact) mass is 250 g/mol. The molecule has 3 rings (SSSR count). The molecule has 2 saturated heterocycles. The topological polar surface area (TPSA) is 15.3 Å². The van der Waals surface area contributed by atoms with Crippen LogP contribution in [0.3, 0.4) is 0 Å². The van der Waals surface area contributed by atoms with Crippen LogP contribution in [0.15, 0.2) is 0 Å².